The Morgan fingerprint density at radius 2 is 1.91 bits per heavy atom. The number of carbonyl (C=O) groups excluding carboxylic acids is 2. The van der Waals surface area contributed by atoms with E-state index < -0.39 is 5.92 Å². The standard InChI is InChI=1S/C26H27ClN4O3/c1-16(2)30(15-23-28-29-25(34-23)18-6-9-21(27)10-7-18)26(33)20-13-24(32)31(14-20)22-11-8-17-4-3-5-19(17)12-22/h6-12,16,20H,3-5,13-15H2,1-2H3. The molecular weight excluding hydrogens is 452 g/mol. The van der Waals surface area contributed by atoms with E-state index in [4.69, 9.17) is 16.0 Å². The molecule has 1 unspecified atom stereocenters. The summed E-state index contributed by atoms with van der Waals surface area (Å²) in [6.45, 7) is 4.48. The van der Waals surface area contributed by atoms with Crippen LogP contribution < -0.4 is 4.90 Å². The molecule has 2 heterocycles. The summed E-state index contributed by atoms with van der Waals surface area (Å²) >= 11 is 5.95. The highest BCUT2D eigenvalue weighted by Gasteiger charge is 2.38. The number of aryl methyl sites for hydroxylation is 2. The highest BCUT2D eigenvalue weighted by Crippen LogP contribution is 2.31. The van der Waals surface area contributed by atoms with Gasteiger partial charge < -0.3 is 14.2 Å². The fourth-order valence-electron chi connectivity index (χ4n) is 4.77. The van der Waals surface area contributed by atoms with Crippen LogP contribution in [-0.2, 0) is 29.0 Å². The van der Waals surface area contributed by atoms with Gasteiger partial charge >= 0.3 is 0 Å². The highest BCUT2D eigenvalue weighted by molar-refractivity contribution is 6.30. The molecule has 1 aliphatic carbocycles. The van der Waals surface area contributed by atoms with Gasteiger partial charge in [-0.15, -0.1) is 10.2 Å². The normalized spacial score (nSPS) is 17.5. The van der Waals surface area contributed by atoms with Crippen LogP contribution in [-0.4, -0.2) is 39.5 Å². The maximum absolute atomic E-state index is 13.5. The van der Waals surface area contributed by atoms with Crippen molar-refractivity contribution < 1.29 is 14.0 Å². The van der Waals surface area contributed by atoms with Crippen molar-refractivity contribution in [1.82, 2.24) is 15.1 Å². The third kappa shape index (κ3) is 4.44. The van der Waals surface area contributed by atoms with Crippen LogP contribution in [0.4, 0.5) is 5.69 Å². The Balaban J connectivity index is 1.29. The summed E-state index contributed by atoms with van der Waals surface area (Å²) in [7, 11) is 0. The van der Waals surface area contributed by atoms with Crippen molar-refractivity contribution in [2.45, 2.75) is 52.1 Å². The highest BCUT2D eigenvalue weighted by atomic mass is 35.5. The minimum Gasteiger partial charge on any atom is -0.419 e. The lowest BCUT2D eigenvalue weighted by atomic mass is 10.1. The van der Waals surface area contributed by atoms with Gasteiger partial charge in [0.2, 0.25) is 23.6 Å². The van der Waals surface area contributed by atoms with Gasteiger partial charge in [0.1, 0.15) is 0 Å². The largest absolute Gasteiger partial charge is 0.419 e. The van der Waals surface area contributed by atoms with Crippen LogP contribution in [0.5, 0.6) is 0 Å². The number of hydrogen-bond donors (Lipinski definition) is 0. The molecule has 34 heavy (non-hydrogen) atoms. The first-order valence-electron chi connectivity index (χ1n) is 11.7. The molecule has 7 nitrogen and oxygen atoms in total. The van der Waals surface area contributed by atoms with Gasteiger partial charge in [-0.05, 0) is 80.6 Å². The first-order chi connectivity index (χ1) is 16.4. The number of anilines is 1. The molecule has 2 aliphatic rings. The van der Waals surface area contributed by atoms with Gasteiger partial charge in [0.05, 0.1) is 12.5 Å². The SMILES string of the molecule is CC(C)N(Cc1nnc(-c2ccc(Cl)cc2)o1)C(=O)C1CC(=O)N(c2ccc3c(c2)CCC3)C1. The van der Waals surface area contributed by atoms with Gasteiger partial charge in [0.15, 0.2) is 0 Å². The molecule has 0 bridgehead atoms. The Morgan fingerprint density at radius 1 is 1.15 bits per heavy atom. The van der Waals surface area contributed by atoms with E-state index in [0.717, 1.165) is 30.5 Å². The Labute approximate surface area is 203 Å². The quantitative estimate of drug-likeness (QED) is 0.514. The van der Waals surface area contributed by atoms with Gasteiger partial charge in [-0.2, -0.15) is 0 Å². The van der Waals surface area contributed by atoms with E-state index >= 15 is 0 Å². The number of halogens is 1. The minimum absolute atomic E-state index is 0.0113. The maximum atomic E-state index is 13.5. The lowest BCUT2D eigenvalue weighted by molar-refractivity contribution is -0.138. The monoisotopic (exact) mass is 478 g/mol. The smallest absolute Gasteiger partial charge is 0.247 e. The molecule has 0 saturated carbocycles. The Kier molecular flexibility index (Phi) is 6.13. The summed E-state index contributed by atoms with van der Waals surface area (Å²) in [6.07, 6.45) is 3.52. The van der Waals surface area contributed by atoms with Gasteiger partial charge in [-0.1, -0.05) is 17.7 Å². The van der Waals surface area contributed by atoms with E-state index in [9.17, 15) is 9.59 Å². The average molecular weight is 479 g/mol. The van der Waals surface area contributed by atoms with E-state index in [0.29, 0.717) is 23.3 Å². The van der Waals surface area contributed by atoms with Crippen molar-refractivity contribution in [1.29, 1.82) is 0 Å². The second kappa shape index (κ2) is 9.22. The zero-order chi connectivity index (χ0) is 23.8. The molecule has 1 aromatic heterocycles. The van der Waals surface area contributed by atoms with Crippen LogP contribution in [0.2, 0.25) is 5.02 Å². The van der Waals surface area contributed by atoms with E-state index in [2.05, 4.69) is 22.3 Å². The second-order valence-corrected chi connectivity index (χ2v) is 9.72. The summed E-state index contributed by atoms with van der Waals surface area (Å²) in [5, 5.41) is 8.88. The number of amides is 2. The van der Waals surface area contributed by atoms with Crippen molar-refractivity contribution in [2.24, 2.45) is 5.92 Å². The fraction of sp³-hybridized carbons (Fsp3) is 0.385. The number of aromatic nitrogens is 2. The zero-order valence-electron chi connectivity index (χ0n) is 19.3. The van der Waals surface area contributed by atoms with Crippen molar-refractivity contribution in [3.63, 3.8) is 0 Å². The molecule has 0 spiro atoms. The van der Waals surface area contributed by atoms with E-state index in [1.807, 2.05) is 32.0 Å². The predicted octanol–water partition coefficient (Wildman–Crippen LogP) is 4.67. The van der Waals surface area contributed by atoms with Crippen molar-refractivity contribution in [3.8, 4) is 11.5 Å². The van der Waals surface area contributed by atoms with Crippen molar-refractivity contribution >= 4 is 29.1 Å². The topological polar surface area (TPSA) is 79.5 Å². The molecule has 3 aromatic rings. The van der Waals surface area contributed by atoms with Crippen molar-refractivity contribution in [2.75, 3.05) is 11.4 Å². The number of benzene rings is 2. The molecule has 1 aliphatic heterocycles. The van der Waals surface area contributed by atoms with Crippen LogP contribution >= 0.6 is 11.6 Å². The first kappa shape index (κ1) is 22.6. The molecular formula is C26H27ClN4O3. The summed E-state index contributed by atoms with van der Waals surface area (Å²) in [6, 6.07) is 13.3. The Morgan fingerprint density at radius 3 is 2.68 bits per heavy atom. The van der Waals surface area contributed by atoms with Gasteiger partial charge in [0.25, 0.3) is 0 Å². The Bertz CT molecular complexity index is 1220. The molecule has 8 heteroatoms. The third-order valence-electron chi connectivity index (χ3n) is 6.64. The minimum atomic E-state index is -0.401. The van der Waals surface area contributed by atoms with Crippen molar-refractivity contribution in [3.05, 3.63) is 64.5 Å². The number of hydrogen-bond acceptors (Lipinski definition) is 5. The van der Waals surface area contributed by atoms with Gasteiger partial charge in [-0.3, -0.25) is 9.59 Å². The van der Waals surface area contributed by atoms with E-state index in [1.54, 1.807) is 21.9 Å². The molecule has 2 amide bonds. The van der Waals surface area contributed by atoms with Gasteiger partial charge in [0, 0.05) is 35.3 Å². The van der Waals surface area contributed by atoms with E-state index in [-0.39, 0.29) is 30.8 Å². The van der Waals surface area contributed by atoms with Gasteiger partial charge in [-0.25, -0.2) is 0 Å². The average Bonchev–Trinajstić information content (AvgIpc) is 3.56. The Hall–Kier alpha value is -3.19. The fourth-order valence-corrected chi connectivity index (χ4v) is 4.90. The first-order valence-corrected chi connectivity index (χ1v) is 12.1. The summed E-state index contributed by atoms with van der Waals surface area (Å²) in [4.78, 5) is 29.8. The zero-order valence-corrected chi connectivity index (χ0v) is 20.1. The molecule has 0 radical (unpaired) electrons. The second-order valence-electron chi connectivity index (χ2n) is 9.28. The maximum Gasteiger partial charge on any atom is 0.247 e. The summed E-state index contributed by atoms with van der Waals surface area (Å²) in [5.41, 5.74) is 4.34. The molecule has 5 rings (SSSR count). The lowest BCUT2D eigenvalue weighted by Crippen LogP contribution is -2.41. The molecule has 1 fully saturated rings. The van der Waals surface area contributed by atoms with E-state index in [1.165, 1.54) is 11.1 Å². The van der Waals surface area contributed by atoms with Crippen LogP contribution in [0.15, 0.2) is 46.9 Å². The third-order valence-corrected chi connectivity index (χ3v) is 6.89. The molecule has 2 aromatic carbocycles. The number of carbonyl (C=O) groups is 2. The van der Waals surface area contributed by atoms with Crippen LogP contribution in [0.1, 0.15) is 43.7 Å². The predicted molar refractivity (Wildman–Crippen MR) is 129 cm³/mol. The summed E-state index contributed by atoms with van der Waals surface area (Å²) in [5.74, 6) is 0.247. The number of nitrogens with zero attached hydrogens (tertiary/aromatic N) is 4. The van der Waals surface area contributed by atoms with Crippen LogP contribution in [0, 0.1) is 5.92 Å². The lowest BCUT2D eigenvalue weighted by Gasteiger charge is -2.28. The molecule has 0 N–H and O–H groups in total. The molecule has 176 valence electrons. The van der Waals surface area contributed by atoms with Crippen LogP contribution in [0.25, 0.3) is 11.5 Å². The van der Waals surface area contributed by atoms with Crippen LogP contribution in [0.3, 0.4) is 0 Å². The number of rotatable bonds is 6. The molecule has 1 atom stereocenters. The summed E-state index contributed by atoms with van der Waals surface area (Å²) < 4.78 is 5.82. The molecule has 1 saturated heterocycles. The number of fused-ring (bicyclic) bond motifs is 1.